The fourth-order valence-corrected chi connectivity index (χ4v) is 2.04. The minimum absolute atomic E-state index is 0.0754. The van der Waals surface area contributed by atoms with Gasteiger partial charge >= 0.3 is 0 Å². The first-order chi connectivity index (χ1) is 6.76. The molecule has 0 aliphatic carbocycles. The molecule has 5 heteroatoms. The number of ether oxygens (including phenoxy) is 1. The van der Waals surface area contributed by atoms with E-state index < -0.39 is 0 Å². The van der Waals surface area contributed by atoms with E-state index >= 15 is 0 Å². The van der Waals surface area contributed by atoms with Gasteiger partial charge in [0.2, 0.25) is 0 Å². The van der Waals surface area contributed by atoms with E-state index in [4.69, 9.17) is 16.3 Å². The Morgan fingerprint density at radius 2 is 2.29 bits per heavy atom. The Morgan fingerprint density at radius 1 is 1.57 bits per heavy atom. The molecule has 2 rings (SSSR count). The Kier molecular flexibility index (Phi) is 2.74. The molecular weight excluding hydrogens is 202 g/mol. The number of hydrogen-bond donors (Lipinski definition) is 0. The summed E-state index contributed by atoms with van der Waals surface area (Å²) in [7, 11) is 0. The summed E-state index contributed by atoms with van der Waals surface area (Å²) < 4.78 is 7.44. The van der Waals surface area contributed by atoms with Crippen molar-refractivity contribution in [2.75, 3.05) is 13.2 Å². The van der Waals surface area contributed by atoms with Crippen LogP contribution in [0.5, 0.6) is 0 Å². The molecule has 1 aliphatic heterocycles. The lowest BCUT2D eigenvalue weighted by Gasteiger charge is -2.35. The molecule has 0 aromatic carbocycles. The second-order valence-corrected chi connectivity index (χ2v) is 4.13. The topological polar surface area (TPSA) is 39.9 Å². The van der Waals surface area contributed by atoms with Gasteiger partial charge in [0.1, 0.15) is 12.2 Å². The third-order valence-electron chi connectivity index (χ3n) is 2.89. The summed E-state index contributed by atoms with van der Waals surface area (Å²) >= 11 is 5.80. The van der Waals surface area contributed by atoms with Crippen molar-refractivity contribution in [1.82, 2.24) is 14.8 Å². The van der Waals surface area contributed by atoms with Crippen LogP contribution in [0.4, 0.5) is 0 Å². The lowest BCUT2D eigenvalue weighted by Crippen LogP contribution is -2.37. The zero-order chi connectivity index (χ0) is 10.0. The van der Waals surface area contributed by atoms with Crippen LogP contribution in [-0.4, -0.2) is 28.0 Å². The first kappa shape index (κ1) is 9.93. The molecule has 1 aromatic heterocycles. The number of hydrogen-bond acceptors (Lipinski definition) is 3. The molecule has 0 saturated carbocycles. The molecular formula is C9H14ClN3O. The third-order valence-corrected chi connectivity index (χ3v) is 3.13. The predicted octanol–water partition coefficient (Wildman–Crippen LogP) is 1.54. The predicted molar refractivity (Wildman–Crippen MR) is 53.3 cm³/mol. The van der Waals surface area contributed by atoms with Crippen LogP contribution in [-0.2, 0) is 16.2 Å². The van der Waals surface area contributed by atoms with Crippen LogP contribution in [0.3, 0.4) is 0 Å². The molecule has 78 valence electrons. The maximum Gasteiger partial charge on any atom is 0.148 e. The van der Waals surface area contributed by atoms with Crippen LogP contribution >= 0.6 is 11.6 Å². The third kappa shape index (κ3) is 1.64. The SMILES string of the molecule is CC1(n2cnnc2CCl)CCOCC1. The van der Waals surface area contributed by atoms with Crippen molar-refractivity contribution in [2.24, 2.45) is 0 Å². The number of rotatable bonds is 2. The fraction of sp³-hybridized carbons (Fsp3) is 0.778. The van der Waals surface area contributed by atoms with Gasteiger partial charge < -0.3 is 9.30 Å². The Labute approximate surface area is 88.2 Å². The fourth-order valence-electron chi connectivity index (χ4n) is 1.85. The van der Waals surface area contributed by atoms with Gasteiger partial charge in [-0.05, 0) is 19.8 Å². The summed E-state index contributed by atoms with van der Waals surface area (Å²) in [5.74, 6) is 1.26. The molecule has 1 aliphatic rings. The highest BCUT2D eigenvalue weighted by Gasteiger charge is 2.30. The van der Waals surface area contributed by atoms with Crippen molar-refractivity contribution in [3.8, 4) is 0 Å². The number of halogens is 1. The average molecular weight is 216 g/mol. The van der Waals surface area contributed by atoms with Gasteiger partial charge in [-0.15, -0.1) is 21.8 Å². The van der Waals surface area contributed by atoms with E-state index in [1.165, 1.54) is 0 Å². The molecule has 0 N–H and O–H groups in total. The molecule has 14 heavy (non-hydrogen) atoms. The van der Waals surface area contributed by atoms with E-state index in [0.717, 1.165) is 31.9 Å². The molecule has 0 bridgehead atoms. The van der Waals surface area contributed by atoms with Gasteiger partial charge in [0.15, 0.2) is 0 Å². The summed E-state index contributed by atoms with van der Waals surface area (Å²) in [5.41, 5.74) is 0.0754. The maximum atomic E-state index is 5.80. The highest BCUT2D eigenvalue weighted by Crippen LogP contribution is 2.29. The van der Waals surface area contributed by atoms with E-state index in [1.54, 1.807) is 6.33 Å². The van der Waals surface area contributed by atoms with Crippen molar-refractivity contribution in [3.05, 3.63) is 12.2 Å². The molecule has 1 fully saturated rings. The van der Waals surface area contributed by atoms with Crippen LogP contribution in [0.15, 0.2) is 6.33 Å². The van der Waals surface area contributed by atoms with Crippen molar-refractivity contribution in [1.29, 1.82) is 0 Å². The smallest absolute Gasteiger partial charge is 0.148 e. The van der Waals surface area contributed by atoms with Gasteiger partial charge in [0.05, 0.1) is 5.88 Å². The monoisotopic (exact) mass is 215 g/mol. The zero-order valence-corrected chi connectivity index (χ0v) is 9.00. The quantitative estimate of drug-likeness (QED) is 0.703. The lowest BCUT2D eigenvalue weighted by atomic mass is 9.92. The molecule has 0 unspecified atom stereocenters. The van der Waals surface area contributed by atoms with Crippen LogP contribution in [0.1, 0.15) is 25.6 Å². The van der Waals surface area contributed by atoms with Gasteiger partial charge in [-0.3, -0.25) is 0 Å². The van der Waals surface area contributed by atoms with Gasteiger partial charge in [-0.1, -0.05) is 0 Å². The van der Waals surface area contributed by atoms with E-state index in [9.17, 15) is 0 Å². The van der Waals surface area contributed by atoms with E-state index in [1.807, 2.05) is 0 Å². The second kappa shape index (κ2) is 3.87. The number of aromatic nitrogens is 3. The van der Waals surface area contributed by atoms with Gasteiger partial charge in [-0.25, -0.2) is 0 Å². The summed E-state index contributed by atoms with van der Waals surface area (Å²) in [5, 5.41) is 7.90. The number of alkyl halides is 1. The highest BCUT2D eigenvalue weighted by atomic mass is 35.5. The summed E-state index contributed by atoms with van der Waals surface area (Å²) in [6, 6.07) is 0. The second-order valence-electron chi connectivity index (χ2n) is 3.86. The van der Waals surface area contributed by atoms with Crippen molar-refractivity contribution in [2.45, 2.75) is 31.2 Å². The Morgan fingerprint density at radius 3 is 2.93 bits per heavy atom. The standard InChI is InChI=1S/C9H14ClN3O/c1-9(2-4-14-5-3-9)13-7-11-12-8(13)6-10/h7H,2-6H2,1H3. The van der Waals surface area contributed by atoms with Crippen molar-refractivity contribution < 1.29 is 4.74 Å². The highest BCUT2D eigenvalue weighted by molar-refractivity contribution is 6.16. The van der Waals surface area contributed by atoms with E-state index in [2.05, 4.69) is 21.7 Å². The Hall–Kier alpha value is -0.610. The first-order valence-corrected chi connectivity index (χ1v) is 5.33. The molecule has 1 aromatic rings. The molecule has 4 nitrogen and oxygen atoms in total. The van der Waals surface area contributed by atoms with Crippen LogP contribution < -0.4 is 0 Å². The van der Waals surface area contributed by atoms with Crippen LogP contribution in [0, 0.1) is 0 Å². The van der Waals surface area contributed by atoms with Gasteiger partial charge in [0.25, 0.3) is 0 Å². The molecule has 0 amide bonds. The van der Waals surface area contributed by atoms with E-state index in [0.29, 0.717) is 5.88 Å². The average Bonchev–Trinajstić information content (AvgIpc) is 2.67. The van der Waals surface area contributed by atoms with Gasteiger partial charge in [-0.2, -0.15) is 0 Å². The van der Waals surface area contributed by atoms with Crippen molar-refractivity contribution >= 4 is 11.6 Å². The minimum Gasteiger partial charge on any atom is -0.381 e. The van der Waals surface area contributed by atoms with Gasteiger partial charge in [0, 0.05) is 18.8 Å². The minimum atomic E-state index is 0.0754. The van der Waals surface area contributed by atoms with E-state index in [-0.39, 0.29) is 5.54 Å². The molecule has 2 heterocycles. The molecule has 0 atom stereocenters. The largest absolute Gasteiger partial charge is 0.381 e. The van der Waals surface area contributed by atoms with Crippen LogP contribution in [0.2, 0.25) is 0 Å². The Balaban J connectivity index is 2.27. The first-order valence-electron chi connectivity index (χ1n) is 4.79. The summed E-state index contributed by atoms with van der Waals surface area (Å²) in [4.78, 5) is 0. The molecule has 0 radical (unpaired) electrons. The molecule has 1 saturated heterocycles. The molecule has 0 spiro atoms. The Bertz CT molecular complexity index is 307. The summed E-state index contributed by atoms with van der Waals surface area (Å²) in [6.45, 7) is 3.81. The van der Waals surface area contributed by atoms with Crippen LogP contribution in [0.25, 0.3) is 0 Å². The number of nitrogens with zero attached hydrogens (tertiary/aromatic N) is 3. The maximum absolute atomic E-state index is 5.80. The van der Waals surface area contributed by atoms with Crippen molar-refractivity contribution in [3.63, 3.8) is 0 Å². The normalized spacial score (nSPS) is 21.0. The lowest BCUT2D eigenvalue weighted by molar-refractivity contribution is 0.0284. The summed E-state index contributed by atoms with van der Waals surface area (Å²) in [6.07, 6.45) is 3.76. The zero-order valence-electron chi connectivity index (χ0n) is 8.24.